The van der Waals surface area contributed by atoms with E-state index < -0.39 is 0 Å². The van der Waals surface area contributed by atoms with Gasteiger partial charge in [0.25, 0.3) is 0 Å². The van der Waals surface area contributed by atoms with E-state index in [0.717, 1.165) is 62.5 Å². The molecule has 3 rings (SSSR count). The van der Waals surface area contributed by atoms with E-state index in [1.54, 1.807) is 12.1 Å². The van der Waals surface area contributed by atoms with Gasteiger partial charge in [-0.15, -0.1) is 0 Å². The molecule has 1 aromatic heterocycles. The van der Waals surface area contributed by atoms with Crippen molar-refractivity contribution >= 4 is 11.0 Å². The van der Waals surface area contributed by atoms with Gasteiger partial charge in [0.15, 0.2) is 0 Å². The molecule has 6 heteroatoms. The highest BCUT2D eigenvalue weighted by molar-refractivity contribution is 5.78. The summed E-state index contributed by atoms with van der Waals surface area (Å²) in [6.07, 6.45) is 1.96. The predicted molar refractivity (Wildman–Crippen MR) is 109 cm³/mol. The molecule has 0 saturated heterocycles. The number of aryl methyl sites for hydroxylation is 1. The van der Waals surface area contributed by atoms with Crippen LogP contribution in [0.5, 0.6) is 11.5 Å². The summed E-state index contributed by atoms with van der Waals surface area (Å²) in [5.74, 6) is 2.04. The average molecular weight is 385 g/mol. The maximum Gasteiger partial charge on any atom is 0.129 e. The molecule has 3 aromatic rings. The molecule has 150 valence electrons. The smallest absolute Gasteiger partial charge is 0.129 e. The van der Waals surface area contributed by atoms with Crippen LogP contribution < -0.4 is 10.1 Å². The molecule has 0 aliphatic rings. The van der Waals surface area contributed by atoms with Crippen LogP contribution in [0.25, 0.3) is 11.0 Å². The number of nitrogens with zero attached hydrogens (tertiary/aromatic N) is 2. The van der Waals surface area contributed by atoms with Gasteiger partial charge in [0.1, 0.15) is 23.1 Å². The van der Waals surface area contributed by atoms with Crippen LogP contribution >= 0.6 is 0 Å². The van der Waals surface area contributed by atoms with Gasteiger partial charge >= 0.3 is 0 Å². The number of nitrogens with one attached hydrogen (secondary N) is 1. The Bertz CT molecular complexity index is 877. The summed E-state index contributed by atoms with van der Waals surface area (Å²) in [5, 5.41) is 3.36. The summed E-state index contributed by atoms with van der Waals surface area (Å²) >= 11 is 0. The highest BCUT2D eigenvalue weighted by atomic mass is 19.1. The third kappa shape index (κ3) is 5.30. The van der Waals surface area contributed by atoms with Crippen LogP contribution in [-0.4, -0.2) is 29.3 Å². The normalized spacial score (nSPS) is 11.2. The van der Waals surface area contributed by atoms with Gasteiger partial charge in [0.2, 0.25) is 0 Å². The standard InChI is InChI=1S/C22H28FN3O2/c1-3-13-27-14-5-12-26-21-15-19(28-18-8-6-17(23)7-9-18)10-11-20(21)25-22(26)16-24-4-2/h6-11,15,24H,3-5,12-14,16H2,1-2H3. The highest BCUT2D eigenvalue weighted by Gasteiger charge is 2.12. The van der Waals surface area contributed by atoms with Crippen molar-refractivity contribution in [2.24, 2.45) is 0 Å². The maximum atomic E-state index is 13.1. The quantitative estimate of drug-likeness (QED) is 0.477. The van der Waals surface area contributed by atoms with E-state index in [1.807, 2.05) is 18.2 Å². The topological polar surface area (TPSA) is 48.3 Å². The minimum atomic E-state index is -0.278. The molecule has 0 fully saturated rings. The first-order valence-corrected chi connectivity index (χ1v) is 9.92. The summed E-state index contributed by atoms with van der Waals surface area (Å²) in [4.78, 5) is 4.78. The Kier molecular flexibility index (Phi) is 7.39. The van der Waals surface area contributed by atoms with Crippen molar-refractivity contribution in [2.75, 3.05) is 19.8 Å². The highest BCUT2D eigenvalue weighted by Crippen LogP contribution is 2.27. The lowest BCUT2D eigenvalue weighted by Gasteiger charge is -2.11. The van der Waals surface area contributed by atoms with Crippen molar-refractivity contribution < 1.29 is 13.9 Å². The Morgan fingerprint density at radius 1 is 1.04 bits per heavy atom. The first-order valence-electron chi connectivity index (χ1n) is 9.92. The SMILES string of the molecule is CCCOCCCn1c(CNCC)nc2ccc(Oc3ccc(F)cc3)cc21. The Labute approximate surface area is 165 Å². The number of ether oxygens (including phenoxy) is 2. The van der Waals surface area contributed by atoms with Crippen LogP contribution in [0.1, 0.15) is 32.5 Å². The second-order valence-electron chi connectivity index (χ2n) is 6.63. The van der Waals surface area contributed by atoms with E-state index in [0.29, 0.717) is 11.5 Å². The number of imidazole rings is 1. The van der Waals surface area contributed by atoms with E-state index in [2.05, 4.69) is 23.7 Å². The summed E-state index contributed by atoms with van der Waals surface area (Å²) < 4.78 is 26.8. The van der Waals surface area contributed by atoms with Crippen LogP contribution in [0.15, 0.2) is 42.5 Å². The van der Waals surface area contributed by atoms with E-state index >= 15 is 0 Å². The van der Waals surface area contributed by atoms with E-state index in [4.69, 9.17) is 14.5 Å². The summed E-state index contributed by atoms with van der Waals surface area (Å²) in [7, 11) is 0. The molecule has 5 nitrogen and oxygen atoms in total. The van der Waals surface area contributed by atoms with E-state index in [9.17, 15) is 4.39 Å². The molecule has 0 aliphatic carbocycles. The van der Waals surface area contributed by atoms with Crippen LogP contribution in [-0.2, 0) is 17.8 Å². The lowest BCUT2D eigenvalue weighted by atomic mass is 10.3. The first kappa shape index (κ1) is 20.3. The number of hydrogen-bond donors (Lipinski definition) is 1. The molecule has 2 aromatic carbocycles. The predicted octanol–water partition coefficient (Wildman–Crippen LogP) is 4.89. The summed E-state index contributed by atoms with van der Waals surface area (Å²) in [5.41, 5.74) is 1.97. The van der Waals surface area contributed by atoms with Gasteiger partial charge in [-0.2, -0.15) is 0 Å². The average Bonchev–Trinajstić information content (AvgIpc) is 3.05. The monoisotopic (exact) mass is 385 g/mol. The summed E-state index contributed by atoms with van der Waals surface area (Å²) in [6.45, 7) is 8.17. The number of fused-ring (bicyclic) bond motifs is 1. The Morgan fingerprint density at radius 3 is 2.57 bits per heavy atom. The second kappa shape index (κ2) is 10.2. The molecule has 0 aliphatic heterocycles. The van der Waals surface area contributed by atoms with Crippen molar-refractivity contribution in [1.82, 2.24) is 14.9 Å². The largest absolute Gasteiger partial charge is 0.457 e. The molecule has 1 heterocycles. The molecular weight excluding hydrogens is 357 g/mol. The van der Waals surface area contributed by atoms with Crippen molar-refractivity contribution in [1.29, 1.82) is 0 Å². The van der Waals surface area contributed by atoms with Crippen molar-refractivity contribution in [3.05, 3.63) is 54.1 Å². The first-order chi connectivity index (χ1) is 13.7. The molecule has 0 amide bonds. The number of halogens is 1. The molecule has 0 radical (unpaired) electrons. The molecule has 28 heavy (non-hydrogen) atoms. The second-order valence-corrected chi connectivity index (χ2v) is 6.63. The van der Waals surface area contributed by atoms with Crippen molar-refractivity contribution in [3.8, 4) is 11.5 Å². The number of hydrogen-bond acceptors (Lipinski definition) is 4. The lowest BCUT2D eigenvalue weighted by molar-refractivity contribution is 0.129. The lowest BCUT2D eigenvalue weighted by Crippen LogP contribution is -2.17. The zero-order chi connectivity index (χ0) is 19.8. The van der Waals surface area contributed by atoms with Crippen molar-refractivity contribution in [3.63, 3.8) is 0 Å². The van der Waals surface area contributed by atoms with Crippen molar-refractivity contribution in [2.45, 2.75) is 39.8 Å². The minimum Gasteiger partial charge on any atom is -0.457 e. The third-order valence-corrected chi connectivity index (χ3v) is 4.40. The van der Waals surface area contributed by atoms with Gasteiger partial charge in [-0.3, -0.25) is 0 Å². The zero-order valence-corrected chi connectivity index (χ0v) is 16.6. The molecule has 1 N–H and O–H groups in total. The fourth-order valence-corrected chi connectivity index (χ4v) is 3.05. The number of aromatic nitrogens is 2. The van der Waals surface area contributed by atoms with E-state index in [-0.39, 0.29) is 5.82 Å². The van der Waals surface area contributed by atoms with Crippen LogP contribution in [0.4, 0.5) is 4.39 Å². The van der Waals surface area contributed by atoms with Gasteiger partial charge in [0, 0.05) is 25.8 Å². The Hall–Kier alpha value is -2.44. The van der Waals surface area contributed by atoms with Gasteiger partial charge in [-0.1, -0.05) is 13.8 Å². The molecule has 0 saturated carbocycles. The number of benzene rings is 2. The van der Waals surface area contributed by atoms with Crippen LogP contribution in [0.3, 0.4) is 0 Å². The zero-order valence-electron chi connectivity index (χ0n) is 16.6. The Balaban J connectivity index is 1.81. The molecule has 0 unspecified atom stereocenters. The minimum absolute atomic E-state index is 0.278. The molecule has 0 bridgehead atoms. The van der Waals surface area contributed by atoms with Crippen LogP contribution in [0, 0.1) is 5.82 Å². The van der Waals surface area contributed by atoms with Crippen LogP contribution in [0.2, 0.25) is 0 Å². The van der Waals surface area contributed by atoms with Gasteiger partial charge in [0.05, 0.1) is 17.6 Å². The maximum absolute atomic E-state index is 13.1. The van der Waals surface area contributed by atoms with Gasteiger partial charge in [-0.25, -0.2) is 9.37 Å². The summed E-state index contributed by atoms with van der Waals surface area (Å²) in [6, 6.07) is 11.9. The molecule has 0 atom stereocenters. The third-order valence-electron chi connectivity index (χ3n) is 4.40. The fraction of sp³-hybridized carbons (Fsp3) is 0.409. The molecular formula is C22H28FN3O2. The Morgan fingerprint density at radius 2 is 1.82 bits per heavy atom. The fourth-order valence-electron chi connectivity index (χ4n) is 3.05. The molecule has 0 spiro atoms. The van der Waals surface area contributed by atoms with Gasteiger partial charge < -0.3 is 19.4 Å². The van der Waals surface area contributed by atoms with Gasteiger partial charge in [-0.05, 0) is 55.8 Å². The van der Waals surface area contributed by atoms with E-state index in [1.165, 1.54) is 12.1 Å². The number of rotatable bonds is 11.